The molecule has 2 atom stereocenters. The molecule has 0 spiro atoms. The Morgan fingerprint density at radius 2 is 2.13 bits per heavy atom. The molecule has 3 heterocycles. The minimum absolute atomic E-state index is 0.0577. The maximum absolute atomic E-state index is 5.90. The Balaban J connectivity index is 1.40. The summed E-state index contributed by atoms with van der Waals surface area (Å²) in [7, 11) is 0. The second kappa shape index (κ2) is 6.49. The van der Waals surface area contributed by atoms with E-state index < -0.39 is 0 Å². The fourth-order valence-corrected chi connectivity index (χ4v) is 2.90. The molecule has 2 N–H and O–H groups in total. The van der Waals surface area contributed by atoms with Gasteiger partial charge in [-0.3, -0.25) is 5.10 Å². The van der Waals surface area contributed by atoms with Gasteiger partial charge in [0.05, 0.1) is 0 Å². The van der Waals surface area contributed by atoms with Crippen LogP contribution in [0.4, 0.5) is 5.82 Å². The number of nitrogens with zero attached hydrogens (tertiary/aromatic N) is 4. The number of aromatic amines is 1. The van der Waals surface area contributed by atoms with Crippen LogP contribution in [0.3, 0.4) is 0 Å². The average Bonchev–Trinajstić information content (AvgIpc) is 3.20. The lowest BCUT2D eigenvalue weighted by molar-refractivity contribution is 0.0863. The van der Waals surface area contributed by atoms with Crippen molar-refractivity contribution in [2.24, 2.45) is 5.92 Å². The molecule has 2 aromatic heterocycles. The molecular formula is C15H20N6O2. The third-order valence-electron chi connectivity index (χ3n) is 4.44. The summed E-state index contributed by atoms with van der Waals surface area (Å²) in [5.74, 6) is 2.37. The van der Waals surface area contributed by atoms with Crippen molar-refractivity contribution in [1.82, 2.24) is 25.1 Å². The fraction of sp³-hybridized carbons (Fsp3) is 0.600. The van der Waals surface area contributed by atoms with Crippen LogP contribution in [0.2, 0.25) is 0 Å². The summed E-state index contributed by atoms with van der Waals surface area (Å²) in [5.41, 5.74) is 0. The zero-order valence-electron chi connectivity index (χ0n) is 12.8. The van der Waals surface area contributed by atoms with Gasteiger partial charge in [-0.25, -0.2) is 15.0 Å². The summed E-state index contributed by atoms with van der Waals surface area (Å²) in [6, 6.07) is 0. The third kappa shape index (κ3) is 3.12. The molecule has 8 nitrogen and oxygen atoms in total. The number of H-pyrrole nitrogens is 1. The van der Waals surface area contributed by atoms with Gasteiger partial charge in [0.15, 0.2) is 11.6 Å². The highest BCUT2D eigenvalue weighted by Crippen LogP contribution is 2.33. The van der Waals surface area contributed by atoms with E-state index in [1.807, 2.05) is 0 Å². The van der Waals surface area contributed by atoms with Crippen LogP contribution in [-0.4, -0.2) is 44.4 Å². The highest BCUT2D eigenvalue weighted by molar-refractivity contribution is 5.44. The van der Waals surface area contributed by atoms with Crippen molar-refractivity contribution < 1.29 is 9.47 Å². The van der Waals surface area contributed by atoms with Gasteiger partial charge in [-0.2, -0.15) is 5.10 Å². The highest BCUT2D eigenvalue weighted by atomic mass is 16.5. The van der Waals surface area contributed by atoms with Gasteiger partial charge in [-0.1, -0.05) is 0 Å². The molecule has 0 unspecified atom stereocenters. The van der Waals surface area contributed by atoms with Gasteiger partial charge < -0.3 is 14.8 Å². The van der Waals surface area contributed by atoms with E-state index >= 15 is 0 Å². The van der Waals surface area contributed by atoms with Crippen LogP contribution in [0.25, 0.3) is 0 Å². The number of nitrogens with one attached hydrogen (secondary N) is 2. The van der Waals surface area contributed by atoms with Crippen molar-refractivity contribution in [1.29, 1.82) is 0 Å². The minimum atomic E-state index is -0.0577. The number of rotatable bonds is 6. The molecule has 1 aliphatic carbocycles. The molecule has 2 fully saturated rings. The van der Waals surface area contributed by atoms with Gasteiger partial charge in [0, 0.05) is 31.5 Å². The average molecular weight is 316 g/mol. The molecule has 1 saturated heterocycles. The Hall–Kier alpha value is -2.22. The molecule has 0 aromatic carbocycles. The van der Waals surface area contributed by atoms with Crippen molar-refractivity contribution in [2.75, 3.05) is 18.5 Å². The smallest absolute Gasteiger partial charge is 0.257 e. The highest BCUT2D eigenvalue weighted by Gasteiger charge is 2.32. The van der Waals surface area contributed by atoms with Crippen molar-refractivity contribution in [2.45, 2.75) is 37.9 Å². The maximum atomic E-state index is 5.90. The SMILES string of the molecule is c1n[nH]c([C@H]2OCC[C@H]2CNc2nccnc2OC2CCC2)n1. The first-order valence-corrected chi connectivity index (χ1v) is 8.08. The van der Waals surface area contributed by atoms with Crippen molar-refractivity contribution >= 4 is 5.82 Å². The molecule has 122 valence electrons. The van der Waals surface area contributed by atoms with E-state index in [1.54, 1.807) is 12.4 Å². The molecule has 2 aromatic rings. The van der Waals surface area contributed by atoms with Crippen LogP contribution in [0, 0.1) is 5.92 Å². The van der Waals surface area contributed by atoms with E-state index in [2.05, 4.69) is 30.5 Å². The predicted molar refractivity (Wildman–Crippen MR) is 82.0 cm³/mol. The van der Waals surface area contributed by atoms with E-state index in [4.69, 9.17) is 9.47 Å². The monoisotopic (exact) mass is 316 g/mol. The zero-order valence-corrected chi connectivity index (χ0v) is 12.8. The molecule has 2 aliphatic rings. The molecular weight excluding hydrogens is 296 g/mol. The molecule has 1 saturated carbocycles. The number of hydrogen-bond acceptors (Lipinski definition) is 7. The first kappa shape index (κ1) is 14.4. The van der Waals surface area contributed by atoms with E-state index in [0.29, 0.717) is 17.6 Å². The van der Waals surface area contributed by atoms with Crippen LogP contribution in [0.15, 0.2) is 18.7 Å². The summed E-state index contributed by atoms with van der Waals surface area (Å²) in [6.07, 6.45) is 9.46. The first-order chi connectivity index (χ1) is 11.4. The van der Waals surface area contributed by atoms with Gasteiger partial charge in [0.25, 0.3) is 5.88 Å². The number of ether oxygens (including phenoxy) is 2. The van der Waals surface area contributed by atoms with Gasteiger partial charge in [-0.05, 0) is 25.7 Å². The summed E-state index contributed by atoms with van der Waals surface area (Å²) in [5, 5.41) is 10.2. The Bertz CT molecular complexity index is 631. The molecule has 1 aliphatic heterocycles. The topological polar surface area (TPSA) is 97.8 Å². The van der Waals surface area contributed by atoms with Gasteiger partial charge in [-0.15, -0.1) is 0 Å². The Morgan fingerprint density at radius 1 is 1.22 bits per heavy atom. The molecule has 8 heteroatoms. The van der Waals surface area contributed by atoms with Crippen LogP contribution in [-0.2, 0) is 4.74 Å². The molecule has 4 rings (SSSR count). The number of aromatic nitrogens is 5. The first-order valence-electron chi connectivity index (χ1n) is 8.08. The standard InChI is InChI=1S/C15H20N6O2/c1-2-11(3-1)23-15-14(16-5-6-17-15)18-8-10-4-7-22-12(10)13-19-9-20-21-13/h5-6,9-12H,1-4,7-8H2,(H,16,18)(H,19,20,21)/t10-,12-/m0/s1. The molecule has 0 bridgehead atoms. The molecule has 0 radical (unpaired) electrons. The van der Waals surface area contributed by atoms with E-state index in [-0.39, 0.29) is 12.2 Å². The van der Waals surface area contributed by atoms with Crippen molar-refractivity contribution in [3.05, 3.63) is 24.5 Å². The van der Waals surface area contributed by atoms with Gasteiger partial charge >= 0.3 is 0 Å². The van der Waals surface area contributed by atoms with Crippen molar-refractivity contribution in [3.63, 3.8) is 0 Å². The Morgan fingerprint density at radius 3 is 2.91 bits per heavy atom. The normalized spacial score (nSPS) is 24.3. The van der Waals surface area contributed by atoms with E-state index in [1.165, 1.54) is 12.7 Å². The van der Waals surface area contributed by atoms with Crippen LogP contribution in [0.1, 0.15) is 37.6 Å². The van der Waals surface area contributed by atoms with E-state index in [0.717, 1.165) is 38.2 Å². The fourth-order valence-electron chi connectivity index (χ4n) is 2.90. The van der Waals surface area contributed by atoms with Crippen LogP contribution >= 0.6 is 0 Å². The molecule has 23 heavy (non-hydrogen) atoms. The summed E-state index contributed by atoms with van der Waals surface area (Å²) < 4.78 is 11.7. The summed E-state index contributed by atoms with van der Waals surface area (Å²) in [6.45, 7) is 1.45. The van der Waals surface area contributed by atoms with Crippen LogP contribution < -0.4 is 10.1 Å². The van der Waals surface area contributed by atoms with Gasteiger partial charge in [0.2, 0.25) is 0 Å². The van der Waals surface area contributed by atoms with Crippen LogP contribution in [0.5, 0.6) is 5.88 Å². The van der Waals surface area contributed by atoms with Gasteiger partial charge in [0.1, 0.15) is 18.5 Å². The third-order valence-corrected chi connectivity index (χ3v) is 4.44. The maximum Gasteiger partial charge on any atom is 0.257 e. The lowest BCUT2D eigenvalue weighted by atomic mass is 9.96. The number of hydrogen-bond donors (Lipinski definition) is 2. The number of anilines is 1. The predicted octanol–water partition coefficient (Wildman–Crippen LogP) is 1.72. The summed E-state index contributed by atoms with van der Waals surface area (Å²) >= 11 is 0. The zero-order chi connectivity index (χ0) is 15.5. The second-order valence-corrected chi connectivity index (χ2v) is 5.97. The Kier molecular flexibility index (Phi) is 4.06. The molecule has 0 amide bonds. The quantitative estimate of drug-likeness (QED) is 0.837. The largest absolute Gasteiger partial charge is 0.472 e. The second-order valence-electron chi connectivity index (χ2n) is 5.97. The lowest BCUT2D eigenvalue weighted by Gasteiger charge is -2.26. The summed E-state index contributed by atoms with van der Waals surface area (Å²) in [4.78, 5) is 12.9. The Labute approximate surface area is 134 Å². The van der Waals surface area contributed by atoms with Crippen molar-refractivity contribution in [3.8, 4) is 5.88 Å². The van der Waals surface area contributed by atoms with E-state index in [9.17, 15) is 0 Å². The lowest BCUT2D eigenvalue weighted by Crippen LogP contribution is -2.26. The minimum Gasteiger partial charge on any atom is -0.472 e.